The van der Waals surface area contributed by atoms with Gasteiger partial charge >= 0.3 is 0 Å². The number of carbonyl (C=O) groups excluding carboxylic acids is 1. The Morgan fingerprint density at radius 2 is 1.27 bits per heavy atom. The van der Waals surface area contributed by atoms with Crippen molar-refractivity contribution in [2.75, 3.05) is 6.61 Å². The van der Waals surface area contributed by atoms with E-state index in [4.69, 9.17) is 0 Å². The van der Waals surface area contributed by atoms with Gasteiger partial charge in [0.05, 0.1) is 18.2 Å². The molecule has 4 heteroatoms. The van der Waals surface area contributed by atoms with Crippen LogP contribution in [-0.4, -0.2) is 34.4 Å². The Morgan fingerprint density at radius 1 is 0.867 bits per heavy atom. The van der Waals surface area contributed by atoms with Gasteiger partial charge in [0.2, 0.25) is 0 Å². The lowest BCUT2D eigenvalue weighted by Crippen LogP contribution is -2.56. The highest BCUT2D eigenvalue weighted by Gasteiger charge is 2.38. The summed E-state index contributed by atoms with van der Waals surface area (Å²) in [6.07, 6.45) is 1.04. The maximum atomic E-state index is 13.3. The Kier molecular flexibility index (Phi) is 8.73. The molecule has 1 atom stereocenters. The van der Waals surface area contributed by atoms with Crippen molar-refractivity contribution in [1.82, 2.24) is 5.32 Å². The summed E-state index contributed by atoms with van der Waals surface area (Å²) in [7, 11) is 0. The second-order valence-electron chi connectivity index (χ2n) is 11.8. The number of aliphatic hydroxyl groups is 2. The third-order valence-corrected chi connectivity index (χ3v) is 5.59. The number of amides is 1. The molecule has 0 spiro atoms. The highest BCUT2D eigenvalue weighted by Crippen LogP contribution is 2.31. The van der Waals surface area contributed by atoms with Gasteiger partial charge in [0.25, 0.3) is 5.91 Å². The molecular formula is C26H45NO3. The third kappa shape index (κ3) is 7.39. The number of carbonyl (C=O) groups is 1. The average Bonchev–Trinajstić information content (AvgIpc) is 2.55. The summed E-state index contributed by atoms with van der Waals surface area (Å²) in [4.78, 5) is 13.3. The van der Waals surface area contributed by atoms with Gasteiger partial charge in [0.1, 0.15) is 0 Å². The average molecular weight is 420 g/mol. The predicted molar refractivity (Wildman–Crippen MR) is 126 cm³/mol. The Balaban J connectivity index is 3.34. The van der Waals surface area contributed by atoms with Gasteiger partial charge in [-0.25, -0.2) is 0 Å². The minimum Gasteiger partial charge on any atom is -0.394 e. The molecule has 1 amide bonds. The van der Waals surface area contributed by atoms with Gasteiger partial charge in [-0.3, -0.25) is 4.79 Å². The van der Waals surface area contributed by atoms with Gasteiger partial charge in [-0.15, -0.1) is 0 Å². The van der Waals surface area contributed by atoms with Crippen LogP contribution in [0.1, 0.15) is 104 Å². The lowest BCUT2D eigenvalue weighted by Gasteiger charge is -2.38. The van der Waals surface area contributed by atoms with Crippen LogP contribution in [0.3, 0.4) is 0 Å². The minimum absolute atomic E-state index is 0.0946. The van der Waals surface area contributed by atoms with Crippen molar-refractivity contribution in [3.63, 3.8) is 0 Å². The molecule has 0 unspecified atom stereocenters. The molecule has 0 aliphatic carbocycles. The normalized spacial score (nSPS) is 14.3. The van der Waals surface area contributed by atoms with Gasteiger partial charge in [-0.05, 0) is 58.8 Å². The van der Waals surface area contributed by atoms with E-state index in [2.05, 4.69) is 52.9 Å². The van der Waals surface area contributed by atoms with E-state index in [1.54, 1.807) is 0 Å². The molecule has 172 valence electrons. The SMILES string of the molecule is CC(C)CC(O)(CC(C)C)[C@@H](CO)NC(=O)c1cc(C(C)(C)C)cc(C(C)(C)C)c1. The smallest absolute Gasteiger partial charge is 0.251 e. The molecule has 0 saturated heterocycles. The molecule has 1 aromatic rings. The second-order valence-corrected chi connectivity index (χ2v) is 11.8. The zero-order valence-electron chi connectivity index (χ0n) is 20.9. The molecule has 0 radical (unpaired) electrons. The summed E-state index contributed by atoms with van der Waals surface area (Å²) in [5.41, 5.74) is 1.43. The first-order chi connectivity index (χ1) is 13.5. The highest BCUT2D eigenvalue weighted by atomic mass is 16.3. The molecule has 0 heterocycles. The van der Waals surface area contributed by atoms with Crippen molar-refractivity contribution in [1.29, 1.82) is 0 Å². The molecule has 1 rings (SSSR count). The van der Waals surface area contributed by atoms with E-state index in [9.17, 15) is 15.0 Å². The predicted octanol–water partition coefficient (Wildman–Crippen LogP) is 5.20. The number of aliphatic hydroxyl groups excluding tert-OH is 1. The lowest BCUT2D eigenvalue weighted by molar-refractivity contribution is -0.0460. The Labute approximate surface area is 184 Å². The third-order valence-electron chi connectivity index (χ3n) is 5.59. The van der Waals surface area contributed by atoms with Crippen LogP contribution in [-0.2, 0) is 10.8 Å². The van der Waals surface area contributed by atoms with E-state index >= 15 is 0 Å². The summed E-state index contributed by atoms with van der Waals surface area (Å²) in [6, 6.07) is 5.33. The minimum atomic E-state index is -1.15. The largest absolute Gasteiger partial charge is 0.394 e. The van der Waals surface area contributed by atoms with Crippen molar-refractivity contribution >= 4 is 5.91 Å². The van der Waals surface area contributed by atoms with Gasteiger partial charge in [0.15, 0.2) is 0 Å². The summed E-state index contributed by atoms with van der Waals surface area (Å²) >= 11 is 0. The van der Waals surface area contributed by atoms with Gasteiger partial charge in [-0.1, -0.05) is 75.3 Å². The molecule has 0 aliphatic rings. The van der Waals surface area contributed by atoms with Crippen LogP contribution in [0.2, 0.25) is 0 Å². The first kappa shape index (κ1) is 26.6. The molecule has 0 aliphatic heterocycles. The highest BCUT2D eigenvalue weighted by molar-refractivity contribution is 5.95. The fourth-order valence-electron chi connectivity index (χ4n) is 4.00. The first-order valence-electron chi connectivity index (χ1n) is 11.3. The van der Waals surface area contributed by atoms with Crippen molar-refractivity contribution < 1.29 is 15.0 Å². The number of hydrogen-bond acceptors (Lipinski definition) is 3. The summed E-state index contributed by atoms with van der Waals surface area (Å²) in [5, 5.41) is 24.4. The first-order valence-corrected chi connectivity index (χ1v) is 11.3. The molecule has 1 aromatic carbocycles. The van der Waals surface area contributed by atoms with Crippen LogP contribution in [0.5, 0.6) is 0 Å². The molecule has 30 heavy (non-hydrogen) atoms. The Bertz CT molecular complexity index is 666. The van der Waals surface area contributed by atoms with Crippen LogP contribution >= 0.6 is 0 Å². The zero-order chi connectivity index (χ0) is 23.5. The van der Waals surface area contributed by atoms with Crippen LogP contribution in [0.15, 0.2) is 18.2 Å². The molecule has 0 fully saturated rings. The van der Waals surface area contributed by atoms with Crippen molar-refractivity contribution in [2.24, 2.45) is 11.8 Å². The monoisotopic (exact) mass is 419 g/mol. The molecule has 0 bridgehead atoms. The number of hydrogen-bond donors (Lipinski definition) is 3. The van der Waals surface area contributed by atoms with Crippen molar-refractivity contribution in [2.45, 2.75) is 105 Å². The number of benzene rings is 1. The van der Waals surface area contributed by atoms with Crippen LogP contribution in [0.4, 0.5) is 0 Å². The van der Waals surface area contributed by atoms with Crippen LogP contribution in [0, 0.1) is 11.8 Å². The fourth-order valence-corrected chi connectivity index (χ4v) is 4.00. The van der Waals surface area contributed by atoms with E-state index in [0.29, 0.717) is 18.4 Å². The quantitative estimate of drug-likeness (QED) is 0.543. The Hall–Kier alpha value is -1.39. The van der Waals surface area contributed by atoms with E-state index in [-0.39, 0.29) is 35.2 Å². The van der Waals surface area contributed by atoms with Crippen LogP contribution in [0.25, 0.3) is 0 Å². The summed E-state index contributed by atoms with van der Waals surface area (Å²) in [6.45, 7) is 20.7. The van der Waals surface area contributed by atoms with Gasteiger partial charge in [0, 0.05) is 5.56 Å². The summed E-state index contributed by atoms with van der Waals surface area (Å²) < 4.78 is 0. The summed E-state index contributed by atoms with van der Waals surface area (Å²) in [5.74, 6) is 0.240. The lowest BCUT2D eigenvalue weighted by atomic mass is 9.78. The molecule has 3 N–H and O–H groups in total. The molecular weight excluding hydrogens is 374 g/mol. The maximum absolute atomic E-state index is 13.3. The second kappa shape index (κ2) is 9.82. The van der Waals surface area contributed by atoms with Gasteiger partial charge in [-0.2, -0.15) is 0 Å². The van der Waals surface area contributed by atoms with Gasteiger partial charge < -0.3 is 15.5 Å². The maximum Gasteiger partial charge on any atom is 0.251 e. The topological polar surface area (TPSA) is 69.6 Å². The standard InChI is InChI=1S/C26H45NO3/c1-17(2)14-26(30,15-18(3)4)22(16-28)27-23(29)19-11-20(24(5,6)7)13-21(12-19)25(8,9)10/h11-13,17-18,22,28,30H,14-16H2,1-10H3,(H,27,29)/t22-/m1/s1. The number of rotatable bonds is 8. The number of nitrogens with one attached hydrogen (secondary N) is 1. The van der Waals surface area contributed by atoms with Crippen molar-refractivity contribution in [3.8, 4) is 0 Å². The van der Waals surface area contributed by atoms with E-state index in [1.165, 1.54) is 0 Å². The molecule has 0 aromatic heterocycles. The fraction of sp³-hybridized carbons (Fsp3) is 0.731. The van der Waals surface area contributed by atoms with E-state index in [0.717, 1.165) is 11.1 Å². The molecule has 0 saturated carbocycles. The molecule has 4 nitrogen and oxygen atoms in total. The zero-order valence-corrected chi connectivity index (χ0v) is 20.9. The van der Waals surface area contributed by atoms with Crippen molar-refractivity contribution in [3.05, 3.63) is 34.9 Å². The van der Waals surface area contributed by atoms with E-state index < -0.39 is 11.6 Å². The van der Waals surface area contributed by atoms with Crippen LogP contribution < -0.4 is 5.32 Å². The Morgan fingerprint density at radius 3 is 1.57 bits per heavy atom. The van der Waals surface area contributed by atoms with E-state index in [1.807, 2.05) is 39.8 Å².